The molecule has 1 aliphatic heterocycles. The van der Waals surface area contributed by atoms with E-state index in [1.807, 2.05) is 0 Å². The summed E-state index contributed by atoms with van der Waals surface area (Å²) < 4.78 is 14.7. The van der Waals surface area contributed by atoms with Crippen molar-refractivity contribution in [3.8, 4) is 0 Å². The molecule has 0 aliphatic carbocycles. The van der Waals surface area contributed by atoms with Crippen LogP contribution in [0.5, 0.6) is 0 Å². The monoisotopic (exact) mass is 259 g/mol. The number of aliphatic hydroxyl groups is 3. The highest BCUT2D eigenvalue weighted by atomic mass is 31.2. The van der Waals surface area contributed by atoms with Gasteiger partial charge in [0.2, 0.25) is 0 Å². The van der Waals surface area contributed by atoms with Crippen LogP contribution in [-0.4, -0.2) is 62.4 Å². The van der Waals surface area contributed by atoms with Gasteiger partial charge in [0.25, 0.3) is 0 Å². The average molecular weight is 259 g/mol. The predicted octanol–water partition coefficient (Wildman–Crippen LogP) is -2.43. The van der Waals surface area contributed by atoms with Crippen molar-refractivity contribution >= 4 is 7.60 Å². The third kappa shape index (κ3) is 5.33. The molecule has 1 rings (SSSR count). The fraction of sp³-hybridized carbons (Fsp3) is 1.00. The van der Waals surface area contributed by atoms with Crippen molar-refractivity contribution in [3.63, 3.8) is 0 Å². The Hall–Kier alpha value is -0.0500. The number of epoxide rings is 1. The van der Waals surface area contributed by atoms with Gasteiger partial charge in [-0.15, -0.1) is 0 Å². The fourth-order valence-electron chi connectivity index (χ4n) is 0.677. The van der Waals surface area contributed by atoms with Crippen molar-refractivity contribution < 1.29 is 34.4 Å². The average Bonchev–Trinajstić information content (AvgIpc) is 2.95. The molecule has 1 heterocycles. The summed E-state index contributed by atoms with van der Waals surface area (Å²) in [4.78, 5) is 16.6. The summed E-state index contributed by atoms with van der Waals surface area (Å²) in [6.07, 6.45) is -0.254. The lowest BCUT2D eigenvalue weighted by atomic mass is 10.1. The lowest BCUT2D eigenvalue weighted by Crippen LogP contribution is -2.50. The highest BCUT2D eigenvalue weighted by molar-refractivity contribution is 7.52. The minimum atomic E-state index is -3.90. The molecular weight excluding hydrogens is 241 g/mol. The lowest BCUT2D eigenvalue weighted by Gasteiger charge is -2.20. The Bertz CT molecular complexity index is 243. The summed E-state index contributed by atoms with van der Waals surface area (Å²) in [5.41, 5.74) is 3.94. The zero-order valence-electron chi connectivity index (χ0n) is 8.85. The second-order valence-electron chi connectivity index (χ2n) is 3.66. The van der Waals surface area contributed by atoms with Crippen LogP contribution in [0.15, 0.2) is 0 Å². The van der Waals surface area contributed by atoms with Crippen molar-refractivity contribution in [1.29, 1.82) is 0 Å². The number of aliphatic hydroxyl groups excluding tert-OH is 3. The van der Waals surface area contributed by atoms with Crippen molar-refractivity contribution in [3.05, 3.63) is 0 Å². The van der Waals surface area contributed by atoms with E-state index in [2.05, 4.69) is 4.74 Å². The molecule has 0 spiro atoms. The normalized spacial score (nSPS) is 24.7. The van der Waals surface area contributed by atoms with Crippen molar-refractivity contribution in [2.24, 2.45) is 5.73 Å². The molecule has 0 radical (unpaired) electrons. The van der Waals surface area contributed by atoms with E-state index in [1.54, 1.807) is 6.92 Å². The SMILES string of the molecule is C[C@@H]1O[C@@H]1P(=O)(O)O.NC(CO)(CO)CO. The molecule has 2 atom stereocenters. The zero-order valence-corrected chi connectivity index (χ0v) is 9.75. The van der Waals surface area contributed by atoms with Gasteiger partial charge in [-0.25, -0.2) is 0 Å². The van der Waals surface area contributed by atoms with Crippen LogP contribution in [0.25, 0.3) is 0 Å². The van der Waals surface area contributed by atoms with E-state index in [1.165, 1.54) is 0 Å². The van der Waals surface area contributed by atoms with Crippen LogP contribution in [0, 0.1) is 0 Å². The number of hydrogen-bond acceptors (Lipinski definition) is 6. The summed E-state index contributed by atoms with van der Waals surface area (Å²) in [5.74, 6) is -0.817. The fourth-order valence-corrected chi connectivity index (χ4v) is 1.57. The smallest absolute Gasteiger partial charge is 0.356 e. The van der Waals surface area contributed by atoms with Crippen LogP contribution in [0.2, 0.25) is 0 Å². The molecule has 1 saturated heterocycles. The molecule has 0 bridgehead atoms. The number of hydrogen-bond donors (Lipinski definition) is 6. The molecule has 7 N–H and O–H groups in total. The topological polar surface area (TPSA) is 157 Å². The third-order valence-electron chi connectivity index (χ3n) is 1.96. The third-order valence-corrected chi connectivity index (χ3v) is 3.16. The largest absolute Gasteiger partial charge is 0.394 e. The van der Waals surface area contributed by atoms with Gasteiger partial charge >= 0.3 is 7.60 Å². The van der Waals surface area contributed by atoms with E-state index in [-0.39, 0.29) is 6.10 Å². The molecule has 98 valence electrons. The highest BCUT2D eigenvalue weighted by Gasteiger charge is 2.48. The standard InChI is InChI=1S/C4H11NO3.C3H7O4P/c5-4(1-6,2-7)3-8;1-2-3(7-2)8(4,5)6/h6-8H,1-3,5H2;2-3H,1H3,(H2,4,5,6)/t;2-,3+/m.0/s1. The summed E-state index contributed by atoms with van der Waals surface area (Å²) in [6, 6.07) is 0. The first-order chi connectivity index (χ1) is 7.20. The second kappa shape index (κ2) is 6.04. The molecule has 1 fully saturated rings. The van der Waals surface area contributed by atoms with Crippen molar-refractivity contribution in [2.75, 3.05) is 19.8 Å². The zero-order chi connectivity index (χ0) is 13.0. The van der Waals surface area contributed by atoms with E-state index in [9.17, 15) is 4.57 Å². The van der Waals surface area contributed by atoms with Gasteiger partial charge in [-0.2, -0.15) is 0 Å². The van der Waals surface area contributed by atoms with Crippen LogP contribution in [0.3, 0.4) is 0 Å². The van der Waals surface area contributed by atoms with Gasteiger partial charge in [0.05, 0.1) is 31.5 Å². The van der Waals surface area contributed by atoms with Gasteiger partial charge in [0.15, 0.2) is 5.85 Å². The van der Waals surface area contributed by atoms with E-state index < -0.39 is 38.8 Å². The highest BCUT2D eigenvalue weighted by Crippen LogP contribution is 2.52. The molecule has 0 saturated carbocycles. The minimum Gasteiger partial charge on any atom is -0.394 e. The molecule has 16 heavy (non-hydrogen) atoms. The maximum atomic E-state index is 10.2. The van der Waals surface area contributed by atoms with Gasteiger partial charge < -0.3 is 35.6 Å². The summed E-state index contributed by atoms with van der Waals surface area (Å²) >= 11 is 0. The number of rotatable bonds is 4. The van der Waals surface area contributed by atoms with Gasteiger partial charge in [0, 0.05) is 0 Å². The molecule has 0 aromatic rings. The van der Waals surface area contributed by atoms with Crippen LogP contribution in [0.1, 0.15) is 6.92 Å². The van der Waals surface area contributed by atoms with E-state index in [0.717, 1.165) is 0 Å². The Kier molecular flexibility index (Phi) is 6.02. The quantitative estimate of drug-likeness (QED) is 0.240. The maximum absolute atomic E-state index is 10.2. The molecular formula is C7H18NO7P. The molecule has 9 heteroatoms. The Morgan fingerprint density at radius 3 is 1.56 bits per heavy atom. The lowest BCUT2D eigenvalue weighted by molar-refractivity contribution is 0.0697. The molecule has 8 nitrogen and oxygen atoms in total. The molecule has 1 aliphatic rings. The van der Waals surface area contributed by atoms with Gasteiger partial charge in [0.1, 0.15) is 0 Å². The predicted molar refractivity (Wildman–Crippen MR) is 54.6 cm³/mol. The summed E-state index contributed by atoms with van der Waals surface area (Å²) in [5, 5.41) is 25.0. The van der Waals surface area contributed by atoms with Crippen LogP contribution in [-0.2, 0) is 9.30 Å². The maximum Gasteiger partial charge on any atom is 0.356 e. The first-order valence-corrected chi connectivity index (χ1v) is 6.20. The Labute approximate surface area is 92.8 Å². The summed E-state index contributed by atoms with van der Waals surface area (Å²) in [7, 11) is -3.90. The second-order valence-corrected chi connectivity index (χ2v) is 5.34. The number of nitrogens with two attached hydrogens (primary N) is 1. The Morgan fingerprint density at radius 1 is 1.25 bits per heavy atom. The van der Waals surface area contributed by atoms with Crippen molar-refractivity contribution in [2.45, 2.75) is 24.4 Å². The number of ether oxygens (including phenoxy) is 1. The Balaban J connectivity index is 0.000000281. The van der Waals surface area contributed by atoms with Gasteiger partial charge in [-0.05, 0) is 6.92 Å². The molecule has 0 amide bonds. The van der Waals surface area contributed by atoms with E-state index in [4.69, 9.17) is 30.8 Å². The molecule has 0 unspecified atom stereocenters. The van der Waals surface area contributed by atoms with Gasteiger partial charge in [-0.3, -0.25) is 4.57 Å². The Morgan fingerprint density at radius 2 is 1.56 bits per heavy atom. The first kappa shape index (κ1) is 16.0. The van der Waals surface area contributed by atoms with Crippen LogP contribution in [0.4, 0.5) is 0 Å². The first-order valence-electron chi connectivity index (χ1n) is 4.52. The molecule has 0 aromatic heterocycles. The minimum absolute atomic E-state index is 0.254. The summed E-state index contributed by atoms with van der Waals surface area (Å²) in [6.45, 7) is 0.420. The van der Waals surface area contributed by atoms with Crippen LogP contribution < -0.4 is 5.73 Å². The van der Waals surface area contributed by atoms with E-state index in [0.29, 0.717) is 0 Å². The van der Waals surface area contributed by atoms with E-state index >= 15 is 0 Å². The van der Waals surface area contributed by atoms with Crippen LogP contribution >= 0.6 is 7.60 Å². The molecule has 0 aromatic carbocycles. The van der Waals surface area contributed by atoms with Gasteiger partial charge in [-0.1, -0.05) is 0 Å². The van der Waals surface area contributed by atoms with Crippen molar-refractivity contribution in [1.82, 2.24) is 0 Å².